The fourth-order valence-corrected chi connectivity index (χ4v) is 1.84. The number of nitrogens with one attached hydrogen (secondary N) is 1. The highest BCUT2D eigenvalue weighted by Crippen LogP contribution is 2.14. The number of ether oxygens (including phenoxy) is 1. The number of methoxy groups -OCH3 is 1. The molecule has 1 aromatic rings. The van der Waals surface area contributed by atoms with Crippen LogP contribution in [0.15, 0.2) is 6.20 Å². The monoisotopic (exact) mass is 237 g/mol. The number of carbonyl (C=O) groups excluding carboxylic acids is 2. The Bertz CT molecular complexity index is 416. The highest BCUT2D eigenvalue weighted by Gasteiger charge is 2.17. The first-order chi connectivity index (χ1) is 8.20. The standard InChI is InChI=1S/C11H15N3O3/c1-17-10(15)6-12-11(16)8-7-14-5-3-2-4-9(14)13-8/h7H,2-6H2,1H3,(H,12,16). The largest absolute Gasteiger partial charge is 0.468 e. The van der Waals surface area contributed by atoms with Gasteiger partial charge in [0.05, 0.1) is 7.11 Å². The fraction of sp³-hybridized carbons (Fsp3) is 0.545. The summed E-state index contributed by atoms with van der Waals surface area (Å²) in [5.41, 5.74) is 0.366. The molecule has 92 valence electrons. The molecule has 6 heteroatoms. The van der Waals surface area contributed by atoms with Crippen molar-refractivity contribution in [3.05, 3.63) is 17.7 Å². The number of esters is 1. The molecule has 0 aromatic carbocycles. The van der Waals surface area contributed by atoms with Gasteiger partial charge in [-0.25, -0.2) is 4.98 Å². The van der Waals surface area contributed by atoms with Gasteiger partial charge in [0.2, 0.25) is 0 Å². The van der Waals surface area contributed by atoms with Crippen LogP contribution < -0.4 is 5.32 Å². The Morgan fingerprint density at radius 1 is 1.53 bits per heavy atom. The first kappa shape index (κ1) is 11.6. The van der Waals surface area contributed by atoms with E-state index in [9.17, 15) is 9.59 Å². The van der Waals surface area contributed by atoms with Gasteiger partial charge in [-0.1, -0.05) is 0 Å². The van der Waals surface area contributed by atoms with Crippen molar-refractivity contribution < 1.29 is 14.3 Å². The van der Waals surface area contributed by atoms with Crippen molar-refractivity contribution in [2.75, 3.05) is 13.7 Å². The van der Waals surface area contributed by atoms with E-state index in [0.29, 0.717) is 5.69 Å². The third-order valence-corrected chi connectivity index (χ3v) is 2.76. The smallest absolute Gasteiger partial charge is 0.325 e. The Labute approximate surface area is 99.0 Å². The maximum Gasteiger partial charge on any atom is 0.325 e. The number of aromatic nitrogens is 2. The average molecular weight is 237 g/mol. The van der Waals surface area contributed by atoms with E-state index < -0.39 is 5.97 Å². The van der Waals surface area contributed by atoms with Gasteiger partial charge < -0.3 is 14.6 Å². The molecule has 1 aromatic heterocycles. The molecule has 0 atom stereocenters. The Morgan fingerprint density at radius 3 is 3.06 bits per heavy atom. The van der Waals surface area contributed by atoms with E-state index in [1.807, 2.05) is 4.57 Å². The normalized spacial score (nSPS) is 13.9. The molecule has 0 unspecified atom stereocenters. The molecule has 2 rings (SSSR count). The van der Waals surface area contributed by atoms with Crippen LogP contribution in [0.1, 0.15) is 29.2 Å². The number of hydrogen-bond donors (Lipinski definition) is 1. The number of fused-ring (bicyclic) bond motifs is 1. The van der Waals surface area contributed by atoms with Gasteiger partial charge >= 0.3 is 5.97 Å². The van der Waals surface area contributed by atoms with Crippen LogP contribution in [-0.4, -0.2) is 35.1 Å². The number of aryl methyl sites for hydroxylation is 2. The molecule has 0 saturated heterocycles. The molecule has 0 saturated carbocycles. The zero-order chi connectivity index (χ0) is 12.3. The van der Waals surface area contributed by atoms with Crippen molar-refractivity contribution in [1.29, 1.82) is 0 Å². The van der Waals surface area contributed by atoms with E-state index in [0.717, 1.165) is 31.6 Å². The lowest BCUT2D eigenvalue weighted by molar-refractivity contribution is -0.139. The zero-order valence-electron chi connectivity index (χ0n) is 9.73. The number of amides is 1. The fourth-order valence-electron chi connectivity index (χ4n) is 1.84. The summed E-state index contributed by atoms with van der Waals surface area (Å²) >= 11 is 0. The molecule has 17 heavy (non-hydrogen) atoms. The van der Waals surface area contributed by atoms with Crippen LogP contribution >= 0.6 is 0 Å². The second kappa shape index (κ2) is 4.99. The molecule has 1 amide bonds. The summed E-state index contributed by atoms with van der Waals surface area (Å²) < 4.78 is 6.44. The minimum atomic E-state index is -0.470. The van der Waals surface area contributed by atoms with Crippen molar-refractivity contribution >= 4 is 11.9 Å². The van der Waals surface area contributed by atoms with Gasteiger partial charge in [0.15, 0.2) is 0 Å². The van der Waals surface area contributed by atoms with Crippen molar-refractivity contribution in [2.24, 2.45) is 0 Å². The summed E-state index contributed by atoms with van der Waals surface area (Å²) in [6, 6.07) is 0. The summed E-state index contributed by atoms with van der Waals surface area (Å²) in [5, 5.41) is 2.47. The van der Waals surface area contributed by atoms with Gasteiger partial charge in [-0.15, -0.1) is 0 Å². The molecule has 0 aliphatic carbocycles. The van der Waals surface area contributed by atoms with E-state index in [1.54, 1.807) is 6.20 Å². The van der Waals surface area contributed by atoms with Gasteiger partial charge in [-0.05, 0) is 12.8 Å². The SMILES string of the molecule is COC(=O)CNC(=O)c1cn2c(n1)CCCC2. The molecule has 6 nitrogen and oxygen atoms in total. The highest BCUT2D eigenvalue weighted by molar-refractivity contribution is 5.94. The number of imidazole rings is 1. The summed E-state index contributed by atoms with van der Waals surface area (Å²) in [6.45, 7) is 0.782. The maximum absolute atomic E-state index is 11.7. The number of rotatable bonds is 3. The topological polar surface area (TPSA) is 73.2 Å². The molecule has 1 N–H and O–H groups in total. The van der Waals surface area contributed by atoms with Crippen molar-refractivity contribution in [2.45, 2.75) is 25.8 Å². The van der Waals surface area contributed by atoms with Gasteiger partial charge in [0, 0.05) is 19.2 Å². The third kappa shape index (κ3) is 2.64. The van der Waals surface area contributed by atoms with Crippen molar-refractivity contribution in [1.82, 2.24) is 14.9 Å². The molecule has 0 bridgehead atoms. The van der Waals surface area contributed by atoms with E-state index in [4.69, 9.17) is 0 Å². The first-order valence-corrected chi connectivity index (χ1v) is 5.62. The summed E-state index contributed by atoms with van der Waals surface area (Å²) in [6.07, 6.45) is 4.87. The summed E-state index contributed by atoms with van der Waals surface area (Å²) in [7, 11) is 1.28. The van der Waals surface area contributed by atoms with Crippen molar-refractivity contribution in [3.63, 3.8) is 0 Å². The molecule has 1 aliphatic heterocycles. The summed E-state index contributed by atoms with van der Waals surface area (Å²) in [5.74, 6) is 0.138. The van der Waals surface area contributed by atoms with E-state index in [-0.39, 0.29) is 12.5 Å². The van der Waals surface area contributed by atoms with Crippen molar-refractivity contribution in [3.8, 4) is 0 Å². The van der Waals surface area contributed by atoms with Crippen LogP contribution in [0, 0.1) is 0 Å². The van der Waals surface area contributed by atoms with Gasteiger partial charge in [0.25, 0.3) is 5.91 Å². The maximum atomic E-state index is 11.7. The first-order valence-electron chi connectivity index (χ1n) is 5.62. The van der Waals surface area contributed by atoms with Crippen LogP contribution in [0.2, 0.25) is 0 Å². The van der Waals surface area contributed by atoms with E-state index in [1.165, 1.54) is 7.11 Å². The molecular formula is C11H15N3O3. The molecule has 0 radical (unpaired) electrons. The van der Waals surface area contributed by atoms with Crippen LogP contribution in [0.5, 0.6) is 0 Å². The summed E-state index contributed by atoms with van der Waals surface area (Å²) in [4.78, 5) is 26.8. The Kier molecular flexibility index (Phi) is 3.41. The lowest BCUT2D eigenvalue weighted by Gasteiger charge is -2.11. The average Bonchev–Trinajstić information content (AvgIpc) is 2.79. The molecule has 1 aliphatic rings. The Hall–Kier alpha value is -1.85. The van der Waals surface area contributed by atoms with E-state index >= 15 is 0 Å². The third-order valence-electron chi connectivity index (χ3n) is 2.76. The number of carbonyl (C=O) groups is 2. The van der Waals surface area contributed by atoms with Crippen LogP contribution in [0.25, 0.3) is 0 Å². The molecule has 2 heterocycles. The predicted molar refractivity (Wildman–Crippen MR) is 59.5 cm³/mol. The lowest BCUT2D eigenvalue weighted by Crippen LogP contribution is -2.30. The van der Waals surface area contributed by atoms with Gasteiger partial charge in [0.1, 0.15) is 18.1 Å². The number of nitrogens with zero attached hydrogens (tertiary/aromatic N) is 2. The van der Waals surface area contributed by atoms with Gasteiger partial charge in [-0.3, -0.25) is 9.59 Å². The molecular weight excluding hydrogens is 222 g/mol. The van der Waals surface area contributed by atoms with Crippen LogP contribution in [0.3, 0.4) is 0 Å². The molecule has 0 fully saturated rings. The van der Waals surface area contributed by atoms with Gasteiger partial charge in [-0.2, -0.15) is 0 Å². The number of hydrogen-bond acceptors (Lipinski definition) is 4. The second-order valence-electron chi connectivity index (χ2n) is 3.95. The minimum Gasteiger partial charge on any atom is -0.468 e. The highest BCUT2D eigenvalue weighted by atomic mass is 16.5. The lowest BCUT2D eigenvalue weighted by atomic mass is 10.2. The van der Waals surface area contributed by atoms with Crippen LogP contribution in [-0.2, 0) is 22.5 Å². The van der Waals surface area contributed by atoms with E-state index in [2.05, 4.69) is 15.0 Å². The Morgan fingerprint density at radius 2 is 2.35 bits per heavy atom. The quantitative estimate of drug-likeness (QED) is 0.758. The zero-order valence-corrected chi connectivity index (χ0v) is 9.73. The molecule has 0 spiro atoms. The van der Waals surface area contributed by atoms with Crippen LogP contribution in [0.4, 0.5) is 0 Å². The predicted octanol–water partition coefficient (Wildman–Crippen LogP) is 0.122. The Balaban J connectivity index is 1.99. The second-order valence-corrected chi connectivity index (χ2v) is 3.95. The minimum absolute atomic E-state index is 0.127.